The van der Waals surface area contributed by atoms with Crippen LogP contribution in [0.3, 0.4) is 0 Å². The monoisotopic (exact) mass is 458 g/mol. The third-order valence-corrected chi connectivity index (χ3v) is 4.71. The van der Waals surface area contributed by atoms with E-state index in [2.05, 4.69) is 5.32 Å². The first-order chi connectivity index (χ1) is 16.5. The molecule has 0 bridgehead atoms. The molecule has 3 aromatic carbocycles. The van der Waals surface area contributed by atoms with Crippen LogP contribution < -0.4 is 24.3 Å². The topological polar surface area (TPSA) is 107 Å². The lowest BCUT2D eigenvalue weighted by Crippen LogP contribution is -2.12. The third-order valence-electron chi connectivity index (χ3n) is 4.71. The van der Waals surface area contributed by atoms with Crippen molar-refractivity contribution in [1.82, 2.24) is 0 Å². The van der Waals surface area contributed by atoms with Crippen molar-refractivity contribution >= 4 is 23.6 Å². The minimum absolute atomic E-state index is 0.318. The van der Waals surface area contributed by atoms with Gasteiger partial charge in [-0.1, -0.05) is 12.1 Å². The first-order valence-electron chi connectivity index (χ1n) is 10.1. The normalized spacial score (nSPS) is 10.3. The highest BCUT2D eigenvalue weighted by atomic mass is 16.5. The molecule has 0 saturated carbocycles. The number of rotatable bonds is 8. The zero-order chi connectivity index (χ0) is 24.5. The standard InChI is InChI=1S/C26H22N2O6/c1-31-22-14-19(15-23(32-2)25(22)33-3)26(30)28-20-9-11-21(12-10-20)34-24(29)13-8-17-4-6-18(16-27)7-5-17/h4-15H,1-3H3,(H,28,30). The van der Waals surface area contributed by atoms with Gasteiger partial charge in [-0.2, -0.15) is 5.26 Å². The molecule has 0 fully saturated rings. The number of esters is 1. The van der Waals surface area contributed by atoms with Gasteiger partial charge >= 0.3 is 5.97 Å². The van der Waals surface area contributed by atoms with Gasteiger partial charge in [0.2, 0.25) is 5.75 Å². The molecule has 172 valence electrons. The van der Waals surface area contributed by atoms with E-state index >= 15 is 0 Å². The molecular formula is C26H22N2O6. The van der Waals surface area contributed by atoms with Gasteiger partial charge in [0.15, 0.2) is 11.5 Å². The number of hydrogen-bond donors (Lipinski definition) is 1. The summed E-state index contributed by atoms with van der Waals surface area (Å²) in [4.78, 5) is 24.8. The number of nitriles is 1. The van der Waals surface area contributed by atoms with Crippen LogP contribution in [0.2, 0.25) is 0 Å². The lowest BCUT2D eigenvalue weighted by molar-refractivity contribution is -0.128. The van der Waals surface area contributed by atoms with Crippen LogP contribution in [0.25, 0.3) is 6.08 Å². The second-order valence-electron chi connectivity index (χ2n) is 6.88. The van der Waals surface area contributed by atoms with E-state index < -0.39 is 5.97 Å². The van der Waals surface area contributed by atoms with E-state index in [1.165, 1.54) is 27.4 Å². The molecule has 0 unspecified atom stereocenters. The molecule has 8 nitrogen and oxygen atoms in total. The van der Waals surface area contributed by atoms with Crippen LogP contribution in [-0.4, -0.2) is 33.2 Å². The summed E-state index contributed by atoms with van der Waals surface area (Å²) in [6, 6.07) is 18.3. The summed E-state index contributed by atoms with van der Waals surface area (Å²) >= 11 is 0. The highest BCUT2D eigenvalue weighted by molar-refractivity contribution is 6.05. The molecule has 0 saturated heterocycles. The molecule has 0 aromatic heterocycles. The second kappa shape index (κ2) is 11.2. The van der Waals surface area contributed by atoms with Crippen molar-refractivity contribution in [2.45, 2.75) is 0 Å². The zero-order valence-corrected chi connectivity index (χ0v) is 18.8. The molecule has 3 rings (SSSR count). The van der Waals surface area contributed by atoms with Gasteiger partial charge in [0.1, 0.15) is 5.75 Å². The largest absolute Gasteiger partial charge is 0.493 e. The van der Waals surface area contributed by atoms with Crippen molar-refractivity contribution in [3.63, 3.8) is 0 Å². The van der Waals surface area contributed by atoms with Gasteiger partial charge in [0.05, 0.1) is 33.0 Å². The molecule has 34 heavy (non-hydrogen) atoms. The molecule has 8 heteroatoms. The van der Waals surface area contributed by atoms with E-state index in [0.717, 1.165) is 5.56 Å². The molecule has 1 N–H and O–H groups in total. The van der Waals surface area contributed by atoms with Gasteiger partial charge in [-0.3, -0.25) is 4.79 Å². The summed E-state index contributed by atoms with van der Waals surface area (Å²) in [5.41, 5.74) is 2.13. The number of benzene rings is 3. The second-order valence-corrected chi connectivity index (χ2v) is 6.88. The van der Waals surface area contributed by atoms with E-state index in [4.69, 9.17) is 24.2 Å². The minimum Gasteiger partial charge on any atom is -0.493 e. The fourth-order valence-electron chi connectivity index (χ4n) is 3.00. The first kappa shape index (κ1) is 23.9. The Kier molecular flexibility index (Phi) is 7.87. The first-order valence-corrected chi connectivity index (χ1v) is 10.1. The number of carbonyl (C=O) groups excluding carboxylic acids is 2. The number of nitrogens with zero attached hydrogens (tertiary/aromatic N) is 1. The van der Waals surface area contributed by atoms with Crippen molar-refractivity contribution in [3.05, 3.63) is 83.4 Å². The van der Waals surface area contributed by atoms with Crippen molar-refractivity contribution in [1.29, 1.82) is 5.26 Å². The Bertz CT molecular complexity index is 1220. The lowest BCUT2D eigenvalue weighted by Gasteiger charge is -2.14. The average Bonchev–Trinajstić information content (AvgIpc) is 2.87. The van der Waals surface area contributed by atoms with E-state index in [9.17, 15) is 9.59 Å². The molecular weight excluding hydrogens is 436 g/mol. The summed E-state index contributed by atoms with van der Waals surface area (Å²) in [6.07, 6.45) is 2.89. The zero-order valence-electron chi connectivity index (χ0n) is 18.8. The maximum Gasteiger partial charge on any atom is 0.336 e. The fraction of sp³-hybridized carbons (Fsp3) is 0.115. The van der Waals surface area contributed by atoms with E-state index in [0.29, 0.717) is 39.8 Å². The van der Waals surface area contributed by atoms with Gasteiger partial charge in [-0.15, -0.1) is 0 Å². The highest BCUT2D eigenvalue weighted by Crippen LogP contribution is 2.38. The lowest BCUT2D eigenvalue weighted by atomic mass is 10.1. The molecule has 0 radical (unpaired) electrons. The molecule has 0 spiro atoms. The Hall–Kier alpha value is -4.77. The van der Waals surface area contributed by atoms with E-state index in [1.807, 2.05) is 6.07 Å². The van der Waals surface area contributed by atoms with Gasteiger partial charge < -0.3 is 24.3 Å². The predicted octanol–water partition coefficient (Wildman–Crippen LogP) is 4.46. The quantitative estimate of drug-likeness (QED) is 0.302. The van der Waals surface area contributed by atoms with Crippen molar-refractivity contribution in [2.75, 3.05) is 26.6 Å². The Morgan fingerprint density at radius 1 is 0.882 bits per heavy atom. The maximum atomic E-state index is 12.7. The summed E-state index contributed by atoms with van der Waals surface area (Å²) in [5.74, 6) is 0.501. The summed E-state index contributed by atoms with van der Waals surface area (Å²) < 4.78 is 21.1. The van der Waals surface area contributed by atoms with Crippen LogP contribution in [0.5, 0.6) is 23.0 Å². The Morgan fingerprint density at radius 2 is 1.50 bits per heavy atom. The average molecular weight is 458 g/mol. The van der Waals surface area contributed by atoms with Crippen LogP contribution in [0.15, 0.2) is 66.7 Å². The van der Waals surface area contributed by atoms with Gasteiger partial charge in [-0.05, 0) is 60.2 Å². The predicted molar refractivity (Wildman–Crippen MR) is 126 cm³/mol. The van der Waals surface area contributed by atoms with Crippen LogP contribution in [0, 0.1) is 11.3 Å². The number of amides is 1. The van der Waals surface area contributed by atoms with Crippen molar-refractivity contribution in [3.8, 4) is 29.1 Å². The number of ether oxygens (including phenoxy) is 4. The van der Waals surface area contributed by atoms with Crippen molar-refractivity contribution < 1.29 is 28.5 Å². The number of anilines is 1. The van der Waals surface area contributed by atoms with Gasteiger partial charge in [0, 0.05) is 17.3 Å². The number of nitrogens with one attached hydrogen (secondary N) is 1. The fourth-order valence-corrected chi connectivity index (χ4v) is 3.00. The summed E-state index contributed by atoms with van der Waals surface area (Å²) in [6.45, 7) is 0. The molecule has 1 amide bonds. The van der Waals surface area contributed by atoms with Gasteiger partial charge in [0.25, 0.3) is 5.91 Å². The SMILES string of the molecule is COc1cc(C(=O)Nc2ccc(OC(=O)C=Cc3ccc(C#N)cc3)cc2)cc(OC)c1OC. The van der Waals surface area contributed by atoms with Crippen LogP contribution in [0.1, 0.15) is 21.5 Å². The minimum atomic E-state index is -0.557. The summed E-state index contributed by atoms with van der Waals surface area (Å²) in [5, 5.41) is 11.6. The number of carbonyl (C=O) groups is 2. The van der Waals surface area contributed by atoms with Crippen LogP contribution >= 0.6 is 0 Å². The van der Waals surface area contributed by atoms with Gasteiger partial charge in [-0.25, -0.2) is 4.79 Å². The molecule has 0 aliphatic rings. The number of hydrogen-bond acceptors (Lipinski definition) is 7. The van der Waals surface area contributed by atoms with E-state index in [-0.39, 0.29) is 5.91 Å². The molecule has 0 aliphatic heterocycles. The Morgan fingerprint density at radius 3 is 2.03 bits per heavy atom. The molecule has 0 aliphatic carbocycles. The van der Waals surface area contributed by atoms with Crippen LogP contribution in [-0.2, 0) is 4.79 Å². The maximum absolute atomic E-state index is 12.7. The van der Waals surface area contributed by atoms with E-state index in [1.54, 1.807) is 66.7 Å². The number of methoxy groups -OCH3 is 3. The smallest absolute Gasteiger partial charge is 0.336 e. The third kappa shape index (κ3) is 5.93. The summed E-state index contributed by atoms with van der Waals surface area (Å²) in [7, 11) is 4.43. The highest BCUT2D eigenvalue weighted by Gasteiger charge is 2.17. The van der Waals surface area contributed by atoms with Crippen molar-refractivity contribution in [2.24, 2.45) is 0 Å². The Balaban J connectivity index is 1.63. The Labute approximate surface area is 196 Å². The molecule has 0 heterocycles. The molecule has 0 atom stereocenters. The molecule has 3 aromatic rings. The van der Waals surface area contributed by atoms with Crippen LogP contribution in [0.4, 0.5) is 5.69 Å².